The van der Waals surface area contributed by atoms with Crippen molar-refractivity contribution in [3.05, 3.63) is 53.6 Å². The van der Waals surface area contributed by atoms with Gasteiger partial charge in [-0.2, -0.15) is 5.10 Å². The van der Waals surface area contributed by atoms with Crippen molar-refractivity contribution < 1.29 is 23.4 Å². The van der Waals surface area contributed by atoms with Gasteiger partial charge in [0.05, 0.1) is 50.1 Å². The molecule has 28 heavy (non-hydrogen) atoms. The Bertz CT molecular complexity index is 947. The van der Waals surface area contributed by atoms with Crippen LogP contribution < -0.4 is 14.8 Å². The first-order valence-corrected chi connectivity index (χ1v) is 8.38. The summed E-state index contributed by atoms with van der Waals surface area (Å²) in [6, 6.07) is 1.29. The van der Waals surface area contributed by atoms with Gasteiger partial charge in [0.25, 0.3) is 0 Å². The maximum Gasteiger partial charge on any atom is 0.232 e. The number of benzene rings is 1. The van der Waals surface area contributed by atoms with Crippen LogP contribution in [0.5, 0.6) is 11.6 Å². The SMILES string of the molecule is COc1cc(C)c(F)c(COc2cnc(Nc3cnn(CCO)c3)cn2)c1F. The number of halogens is 2. The lowest BCUT2D eigenvalue weighted by Gasteiger charge is -2.12. The molecule has 3 aromatic rings. The molecule has 0 radical (unpaired) electrons. The summed E-state index contributed by atoms with van der Waals surface area (Å²) in [4.78, 5) is 8.21. The van der Waals surface area contributed by atoms with Crippen LogP contribution in [0.3, 0.4) is 0 Å². The summed E-state index contributed by atoms with van der Waals surface area (Å²) in [5.74, 6) is -1.00. The summed E-state index contributed by atoms with van der Waals surface area (Å²) in [5, 5.41) is 15.9. The molecule has 0 atom stereocenters. The van der Waals surface area contributed by atoms with Crippen LogP contribution in [0.4, 0.5) is 20.3 Å². The molecule has 0 aliphatic rings. The van der Waals surface area contributed by atoms with Gasteiger partial charge in [-0.25, -0.2) is 18.7 Å². The molecule has 0 unspecified atom stereocenters. The minimum atomic E-state index is -0.809. The van der Waals surface area contributed by atoms with Crippen molar-refractivity contribution in [2.24, 2.45) is 0 Å². The summed E-state index contributed by atoms with van der Waals surface area (Å²) >= 11 is 0. The number of aromatic nitrogens is 4. The van der Waals surface area contributed by atoms with Crippen molar-refractivity contribution in [3.8, 4) is 11.6 Å². The van der Waals surface area contributed by atoms with Crippen molar-refractivity contribution in [3.63, 3.8) is 0 Å². The van der Waals surface area contributed by atoms with Gasteiger partial charge in [-0.1, -0.05) is 0 Å². The van der Waals surface area contributed by atoms with Crippen molar-refractivity contribution in [1.82, 2.24) is 19.7 Å². The van der Waals surface area contributed by atoms with Crippen molar-refractivity contribution in [2.75, 3.05) is 19.0 Å². The van der Waals surface area contributed by atoms with E-state index in [9.17, 15) is 8.78 Å². The highest BCUT2D eigenvalue weighted by Gasteiger charge is 2.18. The van der Waals surface area contributed by atoms with E-state index in [0.29, 0.717) is 18.1 Å². The minimum Gasteiger partial charge on any atom is -0.494 e. The lowest BCUT2D eigenvalue weighted by Crippen LogP contribution is -2.07. The monoisotopic (exact) mass is 391 g/mol. The molecule has 2 heterocycles. The van der Waals surface area contributed by atoms with Crippen LogP contribution in [-0.4, -0.2) is 38.6 Å². The van der Waals surface area contributed by atoms with E-state index in [4.69, 9.17) is 14.6 Å². The van der Waals surface area contributed by atoms with Gasteiger partial charge in [-0.3, -0.25) is 4.68 Å². The van der Waals surface area contributed by atoms with Crippen LogP contribution >= 0.6 is 0 Å². The van der Waals surface area contributed by atoms with Gasteiger partial charge in [0.15, 0.2) is 11.6 Å². The normalized spacial score (nSPS) is 10.8. The molecule has 0 aliphatic heterocycles. The number of rotatable bonds is 8. The van der Waals surface area contributed by atoms with Crippen LogP contribution in [0.25, 0.3) is 0 Å². The van der Waals surface area contributed by atoms with Gasteiger partial charge < -0.3 is 19.9 Å². The van der Waals surface area contributed by atoms with Gasteiger partial charge >= 0.3 is 0 Å². The average Bonchev–Trinajstić information content (AvgIpc) is 3.13. The number of anilines is 2. The number of aryl methyl sites for hydroxylation is 1. The number of hydrogen-bond acceptors (Lipinski definition) is 7. The Hall–Kier alpha value is -3.27. The number of aliphatic hydroxyl groups is 1. The fourth-order valence-corrected chi connectivity index (χ4v) is 2.48. The summed E-state index contributed by atoms with van der Waals surface area (Å²) in [6.45, 7) is 1.53. The third-order valence-electron chi connectivity index (χ3n) is 3.89. The number of nitrogens with one attached hydrogen (secondary N) is 1. The lowest BCUT2D eigenvalue weighted by atomic mass is 10.1. The van der Waals surface area contributed by atoms with Crippen molar-refractivity contribution in [1.29, 1.82) is 0 Å². The van der Waals surface area contributed by atoms with E-state index in [-0.39, 0.29) is 36.0 Å². The van der Waals surface area contributed by atoms with E-state index in [1.165, 1.54) is 32.5 Å². The van der Waals surface area contributed by atoms with Crippen molar-refractivity contribution in [2.45, 2.75) is 20.1 Å². The lowest BCUT2D eigenvalue weighted by molar-refractivity contribution is 0.269. The summed E-state index contributed by atoms with van der Waals surface area (Å²) in [5.41, 5.74) is 0.689. The summed E-state index contributed by atoms with van der Waals surface area (Å²) < 4.78 is 40.3. The predicted octanol–water partition coefficient (Wildman–Crippen LogP) is 2.58. The Morgan fingerprint density at radius 3 is 2.68 bits per heavy atom. The average molecular weight is 391 g/mol. The van der Waals surface area contributed by atoms with E-state index in [2.05, 4.69) is 20.4 Å². The van der Waals surface area contributed by atoms with Crippen LogP contribution in [0.15, 0.2) is 30.9 Å². The van der Waals surface area contributed by atoms with Crippen LogP contribution in [0, 0.1) is 18.6 Å². The molecule has 2 N–H and O–H groups in total. The number of hydrogen-bond donors (Lipinski definition) is 2. The third-order valence-corrected chi connectivity index (χ3v) is 3.89. The summed E-state index contributed by atoms with van der Waals surface area (Å²) in [7, 11) is 1.31. The molecular formula is C18H19F2N5O3. The van der Waals surface area contributed by atoms with Gasteiger partial charge in [0.1, 0.15) is 18.2 Å². The highest BCUT2D eigenvalue weighted by atomic mass is 19.1. The zero-order chi connectivity index (χ0) is 20.1. The van der Waals surface area contributed by atoms with E-state index in [1.54, 1.807) is 17.1 Å². The fraction of sp³-hybridized carbons (Fsp3) is 0.278. The molecule has 8 nitrogen and oxygen atoms in total. The van der Waals surface area contributed by atoms with Crippen LogP contribution in [0.1, 0.15) is 11.1 Å². The van der Waals surface area contributed by atoms with Crippen LogP contribution in [-0.2, 0) is 13.2 Å². The van der Waals surface area contributed by atoms with Gasteiger partial charge in [-0.15, -0.1) is 0 Å². The highest BCUT2D eigenvalue weighted by Crippen LogP contribution is 2.27. The molecule has 2 aromatic heterocycles. The Kier molecular flexibility index (Phi) is 5.99. The zero-order valence-corrected chi connectivity index (χ0v) is 15.3. The predicted molar refractivity (Wildman–Crippen MR) is 96.6 cm³/mol. The van der Waals surface area contributed by atoms with Crippen molar-refractivity contribution >= 4 is 11.5 Å². The number of nitrogens with zero attached hydrogens (tertiary/aromatic N) is 4. The van der Waals surface area contributed by atoms with E-state index in [1.807, 2.05) is 0 Å². The Balaban J connectivity index is 1.65. The molecular weight excluding hydrogens is 372 g/mol. The molecule has 1 aromatic carbocycles. The molecule has 0 aliphatic carbocycles. The standard InChI is InChI=1S/C18H19F2N5O3/c1-11-5-14(27-2)18(20)13(17(11)19)10-28-16-8-21-15(7-22-16)24-12-6-23-25(9-12)3-4-26/h5-9,26H,3-4,10H2,1-2H3,(H,21,24). The Labute approximate surface area is 159 Å². The quantitative estimate of drug-likeness (QED) is 0.609. The Morgan fingerprint density at radius 1 is 1.18 bits per heavy atom. The number of methoxy groups -OCH3 is 1. The minimum absolute atomic E-state index is 0.0129. The maximum atomic E-state index is 14.3. The second kappa shape index (κ2) is 8.61. The first-order chi connectivity index (χ1) is 13.5. The van der Waals surface area contributed by atoms with E-state index >= 15 is 0 Å². The second-order valence-electron chi connectivity index (χ2n) is 5.87. The topological polar surface area (TPSA) is 94.3 Å². The molecule has 0 amide bonds. The van der Waals surface area contributed by atoms with E-state index < -0.39 is 11.6 Å². The molecule has 0 fully saturated rings. The van der Waals surface area contributed by atoms with Crippen LogP contribution in [0.2, 0.25) is 0 Å². The van der Waals surface area contributed by atoms with Gasteiger partial charge in [0, 0.05) is 6.20 Å². The molecule has 0 saturated heterocycles. The molecule has 148 valence electrons. The van der Waals surface area contributed by atoms with E-state index in [0.717, 1.165) is 0 Å². The second-order valence-corrected chi connectivity index (χ2v) is 5.87. The molecule has 10 heteroatoms. The maximum absolute atomic E-state index is 14.3. The van der Waals surface area contributed by atoms with Gasteiger partial charge in [-0.05, 0) is 18.6 Å². The zero-order valence-electron chi connectivity index (χ0n) is 15.3. The fourth-order valence-electron chi connectivity index (χ4n) is 2.48. The molecule has 0 bridgehead atoms. The Morgan fingerprint density at radius 2 is 2.00 bits per heavy atom. The molecule has 3 rings (SSSR count). The number of ether oxygens (including phenoxy) is 2. The largest absolute Gasteiger partial charge is 0.494 e. The molecule has 0 saturated carbocycles. The first-order valence-electron chi connectivity index (χ1n) is 8.38. The first kappa shape index (κ1) is 19.5. The molecule has 0 spiro atoms. The summed E-state index contributed by atoms with van der Waals surface area (Å²) in [6.07, 6.45) is 6.04. The third kappa shape index (κ3) is 4.34. The highest BCUT2D eigenvalue weighted by molar-refractivity contribution is 5.52. The van der Waals surface area contributed by atoms with Gasteiger partial charge in [0.2, 0.25) is 5.88 Å². The smallest absolute Gasteiger partial charge is 0.232 e. The number of aliphatic hydroxyl groups excluding tert-OH is 1.